The summed E-state index contributed by atoms with van der Waals surface area (Å²) in [6.07, 6.45) is 0. The van der Waals surface area contributed by atoms with Crippen molar-refractivity contribution in [2.75, 3.05) is 5.32 Å². The van der Waals surface area contributed by atoms with Crippen molar-refractivity contribution in [1.82, 2.24) is 0 Å². The fraction of sp³-hybridized carbons (Fsp3) is 0.167. The first-order valence-electron chi connectivity index (χ1n) is 8.80. The SMILES string of the molecule is Cc1ccc(C(C)(C)Nc2cccc3ccc4ccccc4c23)cc1. The van der Waals surface area contributed by atoms with Crippen LogP contribution in [0.3, 0.4) is 0 Å². The maximum Gasteiger partial charge on any atom is 0.0569 e. The summed E-state index contributed by atoms with van der Waals surface area (Å²) in [7, 11) is 0. The van der Waals surface area contributed by atoms with Crippen molar-refractivity contribution in [3.05, 3.63) is 90.0 Å². The molecule has 0 radical (unpaired) electrons. The van der Waals surface area contributed by atoms with Crippen LogP contribution in [0, 0.1) is 6.92 Å². The van der Waals surface area contributed by atoms with Crippen molar-refractivity contribution in [3.8, 4) is 0 Å². The second kappa shape index (κ2) is 5.93. The van der Waals surface area contributed by atoms with Gasteiger partial charge >= 0.3 is 0 Å². The largest absolute Gasteiger partial charge is 0.376 e. The Bertz CT molecular complexity index is 1040. The van der Waals surface area contributed by atoms with Gasteiger partial charge in [-0.25, -0.2) is 0 Å². The van der Waals surface area contributed by atoms with Crippen molar-refractivity contribution < 1.29 is 0 Å². The Kier molecular flexibility index (Phi) is 3.73. The van der Waals surface area contributed by atoms with Gasteiger partial charge in [0.05, 0.1) is 5.54 Å². The van der Waals surface area contributed by atoms with Gasteiger partial charge < -0.3 is 5.32 Å². The molecule has 4 aromatic rings. The fourth-order valence-corrected chi connectivity index (χ4v) is 3.54. The zero-order chi connectivity index (χ0) is 17.4. The molecule has 0 aliphatic heterocycles. The normalized spacial score (nSPS) is 11.8. The number of hydrogen-bond acceptors (Lipinski definition) is 1. The first-order valence-corrected chi connectivity index (χ1v) is 8.80. The number of nitrogens with one attached hydrogen (secondary N) is 1. The third-order valence-electron chi connectivity index (χ3n) is 4.99. The van der Waals surface area contributed by atoms with Crippen molar-refractivity contribution in [2.45, 2.75) is 26.3 Å². The van der Waals surface area contributed by atoms with Gasteiger partial charge in [-0.05, 0) is 48.6 Å². The van der Waals surface area contributed by atoms with Crippen LogP contribution in [0.2, 0.25) is 0 Å². The summed E-state index contributed by atoms with van der Waals surface area (Å²) in [5, 5.41) is 8.92. The first-order chi connectivity index (χ1) is 12.0. The number of hydrogen-bond donors (Lipinski definition) is 1. The van der Waals surface area contributed by atoms with E-state index < -0.39 is 0 Å². The highest BCUT2D eigenvalue weighted by Gasteiger charge is 2.21. The zero-order valence-electron chi connectivity index (χ0n) is 15.0. The molecule has 0 saturated carbocycles. The lowest BCUT2D eigenvalue weighted by Gasteiger charge is -2.29. The van der Waals surface area contributed by atoms with Gasteiger partial charge in [-0.15, -0.1) is 0 Å². The number of aryl methyl sites for hydroxylation is 1. The summed E-state index contributed by atoms with van der Waals surface area (Å²) >= 11 is 0. The molecule has 0 aliphatic carbocycles. The summed E-state index contributed by atoms with van der Waals surface area (Å²) in [6.45, 7) is 6.60. The van der Waals surface area contributed by atoms with E-state index >= 15 is 0 Å². The summed E-state index contributed by atoms with van der Waals surface area (Å²) in [5.74, 6) is 0. The van der Waals surface area contributed by atoms with E-state index in [2.05, 4.69) is 105 Å². The third-order valence-corrected chi connectivity index (χ3v) is 4.99. The number of benzene rings is 4. The van der Waals surface area contributed by atoms with Crippen molar-refractivity contribution in [3.63, 3.8) is 0 Å². The molecule has 0 bridgehead atoms. The van der Waals surface area contributed by atoms with Crippen LogP contribution in [0.25, 0.3) is 21.5 Å². The molecular formula is C24H23N. The van der Waals surface area contributed by atoms with E-state index in [1.54, 1.807) is 0 Å². The fourth-order valence-electron chi connectivity index (χ4n) is 3.54. The highest BCUT2D eigenvalue weighted by Crippen LogP contribution is 2.35. The third kappa shape index (κ3) is 2.87. The summed E-state index contributed by atoms with van der Waals surface area (Å²) in [5.41, 5.74) is 3.60. The number of anilines is 1. The first kappa shape index (κ1) is 15.7. The minimum atomic E-state index is -0.154. The van der Waals surface area contributed by atoms with E-state index in [0.29, 0.717) is 0 Å². The molecule has 0 heterocycles. The maximum absolute atomic E-state index is 3.79. The van der Waals surface area contributed by atoms with Gasteiger partial charge in [0.15, 0.2) is 0 Å². The van der Waals surface area contributed by atoms with Crippen LogP contribution in [-0.2, 0) is 5.54 Å². The van der Waals surface area contributed by atoms with Crippen LogP contribution < -0.4 is 5.32 Å². The van der Waals surface area contributed by atoms with Crippen LogP contribution in [0.5, 0.6) is 0 Å². The lowest BCUT2D eigenvalue weighted by molar-refractivity contribution is 0.610. The Balaban J connectivity index is 1.86. The summed E-state index contributed by atoms with van der Waals surface area (Å²) in [4.78, 5) is 0. The summed E-state index contributed by atoms with van der Waals surface area (Å²) in [6, 6.07) is 28.3. The molecule has 1 nitrogen and oxygen atoms in total. The van der Waals surface area contributed by atoms with Crippen LogP contribution in [0.4, 0.5) is 5.69 Å². The van der Waals surface area contributed by atoms with Crippen molar-refractivity contribution >= 4 is 27.2 Å². The molecule has 0 atom stereocenters. The molecule has 124 valence electrons. The van der Waals surface area contributed by atoms with Crippen LogP contribution in [-0.4, -0.2) is 0 Å². The van der Waals surface area contributed by atoms with Crippen LogP contribution >= 0.6 is 0 Å². The quantitative estimate of drug-likeness (QED) is 0.416. The second-order valence-corrected chi connectivity index (χ2v) is 7.31. The molecule has 0 spiro atoms. The predicted octanol–water partition coefficient (Wildman–Crippen LogP) is 6.65. The average molecular weight is 325 g/mol. The Hall–Kier alpha value is -2.80. The molecule has 1 heteroatoms. The number of fused-ring (bicyclic) bond motifs is 3. The molecular weight excluding hydrogens is 302 g/mol. The van der Waals surface area contributed by atoms with E-state index in [-0.39, 0.29) is 5.54 Å². The molecule has 0 unspecified atom stereocenters. The molecule has 0 saturated heterocycles. The monoisotopic (exact) mass is 325 g/mol. The lowest BCUT2D eigenvalue weighted by atomic mass is 9.92. The molecule has 0 amide bonds. The maximum atomic E-state index is 3.79. The van der Waals surface area contributed by atoms with Gasteiger partial charge in [0, 0.05) is 11.1 Å². The van der Waals surface area contributed by atoms with E-state index in [1.807, 2.05) is 0 Å². The highest BCUT2D eigenvalue weighted by atomic mass is 15.0. The van der Waals surface area contributed by atoms with E-state index in [0.717, 1.165) is 0 Å². The molecule has 0 aromatic heterocycles. The standard InChI is InChI=1S/C24H23N/c1-17-11-15-20(16-12-17)24(2,3)25-22-10-6-8-19-14-13-18-7-4-5-9-21(18)23(19)22/h4-16,25H,1-3H3. The molecule has 25 heavy (non-hydrogen) atoms. The molecule has 0 aliphatic rings. The van der Waals surface area contributed by atoms with Gasteiger partial charge in [0.25, 0.3) is 0 Å². The van der Waals surface area contributed by atoms with Crippen molar-refractivity contribution in [2.24, 2.45) is 0 Å². The van der Waals surface area contributed by atoms with Crippen molar-refractivity contribution in [1.29, 1.82) is 0 Å². The van der Waals surface area contributed by atoms with Gasteiger partial charge in [-0.3, -0.25) is 0 Å². The molecule has 0 fully saturated rings. The Morgan fingerprint density at radius 2 is 1.36 bits per heavy atom. The topological polar surface area (TPSA) is 12.0 Å². The Morgan fingerprint density at radius 3 is 2.16 bits per heavy atom. The van der Waals surface area contributed by atoms with Gasteiger partial charge in [0.1, 0.15) is 0 Å². The van der Waals surface area contributed by atoms with Crippen LogP contribution in [0.15, 0.2) is 78.9 Å². The Labute approximate surface area is 149 Å². The van der Waals surface area contributed by atoms with E-state index in [9.17, 15) is 0 Å². The molecule has 1 N–H and O–H groups in total. The van der Waals surface area contributed by atoms with Gasteiger partial charge in [0.2, 0.25) is 0 Å². The summed E-state index contributed by atoms with van der Waals surface area (Å²) < 4.78 is 0. The van der Waals surface area contributed by atoms with Gasteiger partial charge in [-0.1, -0.05) is 78.4 Å². The minimum absolute atomic E-state index is 0.154. The zero-order valence-corrected chi connectivity index (χ0v) is 15.0. The molecule has 4 rings (SSSR count). The van der Waals surface area contributed by atoms with E-state index in [4.69, 9.17) is 0 Å². The lowest BCUT2D eigenvalue weighted by Crippen LogP contribution is -2.28. The van der Waals surface area contributed by atoms with Gasteiger partial charge in [-0.2, -0.15) is 0 Å². The Morgan fingerprint density at radius 1 is 0.680 bits per heavy atom. The van der Waals surface area contributed by atoms with E-state index in [1.165, 1.54) is 38.4 Å². The number of rotatable bonds is 3. The van der Waals surface area contributed by atoms with Crippen LogP contribution in [0.1, 0.15) is 25.0 Å². The highest BCUT2D eigenvalue weighted by molar-refractivity contribution is 6.13. The predicted molar refractivity (Wildman–Crippen MR) is 109 cm³/mol. The average Bonchev–Trinajstić information content (AvgIpc) is 2.61. The minimum Gasteiger partial charge on any atom is -0.376 e. The smallest absolute Gasteiger partial charge is 0.0569 e. The second-order valence-electron chi connectivity index (χ2n) is 7.31. The molecule has 4 aromatic carbocycles.